The number of aromatic nitrogens is 1. The Morgan fingerprint density at radius 1 is 0.964 bits per heavy atom. The summed E-state index contributed by atoms with van der Waals surface area (Å²) in [5.41, 5.74) is 3.57. The molecule has 1 unspecified atom stereocenters. The fourth-order valence-corrected chi connectivity index (χ4v) is 8.45. The van der Waals surface area contributed by atoms with Gasteiger partial charge in [-0.05, 0) is 103 Å². The Morgan fingerprint density at radius 2 is 1.71 bits per heavy atom. The van der Waals surface area contributed by atoms with Gasteiger partial charge in [-0.2, -0.15) is 0 Å². The number of aromatic amines is 1. The number of nitrogens with zero attached hydrogens (tertiary/aromatic N) is 1. The van der Waals surface area contributed by atoms with Crippen LogP contribution in [0.4, 0.5) is 16.2 Å². The van der Waals surface area contributed by atoms with E-state index in [1.165, 1.54) is 11.0 Å². The number of aliphatic carboxylic acids is 1. The van der Waals surface area contributed by atoms with E-state index >= 15 is 0 Å². The van der Waals surface area contributed by atoms with Crippen LogP contribution in [0.5, 0.6) is 0 Å². The Kier molecular flexibility index (Phi) is 11.7. The van der Waals surface area contributed by atoms with Gasteiger partial charge in [-0.1, -0.05) is 54.6 Å². The van der Waals surface area contributed by atoms with Crippen molar-refractivity contribution in [2.45, 2.75) is 62.1 Å². The van der Waals surface area contributed by atoms with Crippen molar-refractivity contribution in [3.63, 3.8) is 0 Å². The number of carbonyl (C=O) groups is 3. The molecule has 2 atom stereocenters. The summed E-state index contributed by atoms with van der Waals surface area (Å²) in [6.07, 6.45) is 2.06. The third kappa shape index (κ3) is 9.04. The largest absolute Gasteiger partial charge is 0.479 e. The third-order valence-electron chi connectivity index (χ3n) is 9.61. The van der Waals surface area contributed by atoms with Crippen molar-refractivity contribution in [1.82, 2.24) is 15.2 Å². The highest BCUT2D eigenvalue weighted by atomic mass is 32.2. The Balaban J connectivity index is 1.24. The first-order valence-electron chi connectivity index (χ1n) is 17.9. The number of carboxylic acids is 1. The van der Waals surface area contributed by atoms with E-state index in [-0.39, 0.29) is 28.9 Å². The smallest absolute Gasteiger partial charge is 0.411 e. The van der Waals surface area contributed by atoms with Crippen LogP contribution in [-0.4, -0.2) is 60.2 Å². The SMILES string of the molecule is CNCc1cc(NC(=O)CN(C(=O)OCc2ccccc2)[C@H](C)c2ccc(C(Nc3ccc4cc[nH]c(=O)c4c3)C(=O)O)cc2C)ccc1S(=O)(=O)C1CC1. The van der Waals surface area contributed by atoms with Gasteiger partial charge in [-0.3, -0.25) is 14.5 Å². The van der Waals surface area contributed by atoms with Crippen LogP contribution in [0.1, 0.15) is 59.7 Å². The van der Waals surface area contributed by atoms with Crippen LogP contribution < -0.4 is 21.5 Å². The first-order valence-corrected chi connectivity index (χ1v) is 19.4. The first-order chi connectivity index (χ1) is 26.3. The summed E-state index contributed by atoms with van der Waals surface area (Å²) in [4.78, 5) is 56.3. The molecule has 0 spiro atoms. The quantitative estimate of drug-likeness (QED) is 0.0838. The van der Waals surface area contributed by atoms with Gasteiger partial charge in [0.25, 0.3) is 5.56 Å². The van der Waals surface area contributed by atoms with Crippen LogP contribution in [0.3, 0.4) is 0 Å². The van der Waals surface area contributed by atoms with E-state index in [2.05, 4.69) is 20.9 Å². The molecule has 5 aromatic rings. The summed E-state index contributed by atoms with van der Waals surface area (Å²) >= 11 is 0. The molecule has 55 heavy (non-hydrogen) atoms. The first kappa shape index (κ1) is 38.7. The Morgan fingerprint density at radius 3 is 2.40 bits per heavy atom. The summed E-state index contributed by atoms with van der Waals surface area (Å²) < 4.78 is 31.8. The number of anilines is 2. The normalized spacial score (nSPS) is 13.8. The maximum Gasteiger partial charge on any atom is 0.411 e. The van der Waals surface area contributed by atoms with Gasteiger partial charge in [-0.15, -0.1) is 0 Å². The molecule has 2 amide bonds. The van der Waals surface area contributed by atoms with E-state index in [0.717, 1.165) is 5.56 Å². The highest BCUT2D eigenvalue weighted by molar-refractivity contribution is 7.92. The van der Waals surface area contributed by atoms with Crippen LogP contribution in [-0.2, 0) is 37.3 Å². The molecule has 1 saturated carbocycles. The van der Waals surface area contributed by atoms with Gasteiger partial charge >= 0.3 is 12.1 Å². The highest BCUT2D eigenvalue weighted by Crippen LogP contribution is 2.36. The van der Waals surface area contributed by atoms with Gasteiger partial charge in [0.2, 0.25) is 5.91 Å². The predicted molar refractivity (Wildman–Crippen MR) is 210 cm³/mol. The molecule has 1 heterocycles. The number of ether oxygens (including phenoxy) is 1. The number of amides is 2. The zero-order valence-corrected chi connectivity index (χ0v) is 31.5. The number of pyridine rings is 1. The monoisotopic (exact) mass is 765 g/mol. The van der Waals surface area contributed by atoms with Gasteiger partial charge in [0.05, 0.1) is 16.2 Å². The maximum absolute atomic E-state index is 13.7. The van der Waals surface area contributed by atoms with Gasteiger partial charge < -0.3 is 30.8 Å². The van der Waals surface area contributed by atoms with Crippen molar-refractivity contribution in [2.75, 3.05) is 24.2 Å². The molecule has 4 aromatic carbocycles. The van der Waals surface area contributed by atoms with Gasteiger partial charge in [0.1, 0.15) is 13.2 Å². The molecule has 286 valence electrons. The molecule has 1 fully saturated rings. The predicted octanol–water partition coefficient (Wildman–Crippen LogP) is 6.07. The second-order valence-corrected chi connectivity index (χ2v) is 15.8. The molecule has 5 N–H and O–H groups in total. The number of hydrogen-bond acceptors (Lipinski definition) is 9. The van der Waals surface area contributed by atoms with Gasteiger partial charge in [-0.25, -0.2) is 18.0 Å². The van der Waals surface area contributed by atoms with Crippen LogP contribution in [0, 0.1) is 6.92 Å². The second-order valence-electron chi connectivity index (χ2n) is 13.6. The fourth-order valence-electron chi connectivity index (χ4n) is 6.58. The lowest BCUT2D eigenvalue weighted by Crippen LogP contribution is -2.40. The molecular formula is C41H43N5O8S. The second kappa shape index (κ2) is 16.6. The van der Waals surface area contributed by atoms with Crippen molar-refractivity contribution in [1.29, 1.82) is 0 Å². The lowest BCUT2D eigenvalue weighted by molar-refractivity contribution is -0.138. The fraction of sp³-hybridized carbons (Fsp3) is 0.268. The number of carboxylic acid groups (broad SMARTS) is 1. The van der Waals surface area contributed by atoms with E-state index in [4.69, 9.17) is 4.74 Å². The van der Waals surface area contributed by atoms with Gasteiger partial charge in [0, 0.05) is 29.5 Å². The van der Waals surface area contributed by atoms with Crippen LogP contribution in [0.25, 0.3) is 10.8 Å². The molecule has 1 aliphatic rings. The topological polar surface area (TPSA) is 187 Å². The lowest BCUT2D eigenvalue weighted by Gasteiger charge is -2.30. The molecule has 6 rings (SSSR count). The van der Waals surface area contributed by atoms with Crippen LogP contribution in [0.15, 0.2) is 107 Å². The van der Waals surface area contributed by atoms with Gasteiger partial charge in [0.15, 0.2) is 15.9 Å². The van der Waals surface area contributed by atoms with Crippen molar-refractivity contribution >= 4 is 50.0 Å². The lowest BCUT2D eigenvalue weighted by atomic mass is 9.96. The van der Waals surface area contributed by atoms with E-state index in [1.54, 1.807) is 81.7 Å². The molecular weight excluding hydrogens is 723 g/mol. The summed E-state index contributed by atoms with van der Waals surface area (Å²) in [6, 6.07) is 23.8. The summed E-state index contributed by atoms with van der Waals surface area (Å²) in [5.74, 6) is -1.67. The zero-order chi connectivity index (χ0) is 39.3. The number of carbonyl (C=O) groups excluding carboxylic acids is 2. The van der Waals surface area contributed by atoms with Crippen LogP contribution >= 0.6 is 0 Å². The molecule has 0 saturated heterocycles. The number of sulfone groups is 1. The summed E-state index contributed by atoms with van der Waals surface area (Å²) in [6.45, 7) is 3.38. The van der Waals surface area contributed by atoms with E-state index in [0.29, 0.717) is 57.2 Å². The Bertz CT molecular complexity index is 2400. The minimum Gasteiger partial charge on any atom is -0.479 e. The molecule has 1 aromatic heterocycles. The van der Waals surface area contributed by atoms with E-state index in [9.17, 15) is 32.7 Å². The Hall–Kier alpha value is -5.99. The number of aryl methyl sites for hydroxylation is 1. The number of benzene rings is 4. The van der Waals surface area contributed by atoms with Crippen molar-refractivity contribution < 1.29 is 32.6 Å². The standard InChI is InChI=1S/C41H43N5O8S/c1-25-19-29(38(40(49)50)45-32-11-9-28-17-18-43-39(48)35(28)21-32)10-15-34(25)26(2)46(41(51)54-24-27-7-5-4-6-8-27)23-37(47)44-31-12-16-36(30(20-31)22-42-3)55(52,53)33-13-14-33/h4-12,15-21,26,33,38,42,45H,13-14,22-24H2,1-3H3,(H,43,48)(H,44,47)(H,49,50)/t26-,38?/m1/s1. The number of nitrogens with one attached hydrogen (secondary N) is 4. The molecule has 0 aliphatic heterocycles. The van der Waals surface area contributed by atoms with E-state index in [1.807, 2.05) is 30.3 Å². The Labute approximate surface area is 318 Å². The summed E-state index contributed by atoms with van der Waals surface area (Å²) in [7, 11) is -1.77. The zero-order valence-electron chi connectivity index (χ0n) is 30.7. The molecule has 14 heteroatoms. The van der Waals surface area contributed by atoms with Crippen molar-refractivity contribution in [3.8, 4) is 0 Å². The average Bonchev–Trinajstić information content (AvgIpc) is 4.03. The maximum atomic E-state index is 13.7. The minimum atomic E-state index is -3.48. The molecule has 0 bridgehead atoms. The minimum absolute atomic E-state index is 0.0284. The van der Waals surface area contributed by atoms with Crippen LogP contribution in [0.2, 0.25) is 0 Å². The third-order valence-corrected chi connectivity index (χ3v) is 12.0. The molecule has 1 aliphatic carbocycles. The summed E-state index contributed by atoms with van der Waals surface area (Å²) in [5, 5.41) is 19.8. The molecule has 13 nitrogen and oxygen atoms in total. The van der Waals surface area contributed by atoms with E-state index < -0.39 is 46.4 Å². The number of fused-ring (bicyclic) bond motifs is 1. The highest BCUT2D eigenvalue weighted by Gasteiger charge is 2.38. The van der Waals surface area contributed by atoms with Crippen molar-refractivity contribution in [2.24, 2.45) is 0 Å². The number of H-pyrrole nitrogens is 1. The molecule has 0 radical (unpaired) electrons. The number of rotatable bonds is 15. The number of hydrogen-bond donors (Lipinski definition) is 5. The average molecular weight is 766 g/mol. The van der Waals surface area contributed by atoms with Crippen molar-refractivity contribution in [3.05, 3.63) is 135 Å².